The summed E-state index contributed by atoms with van der Waals surface area (Å²) >= 11 is 5.14. The predicted octanol–water partition coefficient (Wildman–Crippen LogP) is 3.21. The van der Waals surface area contributed by atoms with Gasteiger partial charge in [0.1, 0.15) is 5.82 Å². The van der Waals surface area contributed by atoms with Crippen molar-refractivity contribution >= 4 is 33.1 Å². The number of halogens is 1. The molecule has 2 N–H and O–H groups in total. The first-order chi connectivity index (χ1) is 7.11. The predicted molar refractivity (Wildman–Crippen MR) is 67.2 cm³/mol. The fourth-order valence-corrected chi connectivity index (χ4v) is 2.52. The van der Waals surface area contributed by atoms with Gasteiger partial charge in [-0.2, -0.15) is 5.10 Å². The summed E-state index contributed by atoms with van der Waals surface area (Å²) in [7, 11) is 0. The second kappa shape index (κ2) is 3.98. The molecule has 0 aromatic carbocycles. The number of anilines is 1. The van der Waals surface area contributed by atoms with Gasteiger partial charge in [-0.15, -0.1) is 11.3 Å². The molecule has 0 aliphatic rings. The highest BCUT2D eigenvalue weighted by Gasteiger charge is 2.16. The van der Waals surface area contributed by atoms with Crippen molar-refractivity contribution in [3.63, 3.8) is 0 Å². The van der Waals surface area contributed by atoms with Crippen LogP contribution in [0.1, 0.15) is 23.5 Å². The van der Waals surface area contributed by atoms with Crippen molar-refractivity contribution in [2.45, 2.75) is 19.9 Å². The Hall–Kier alpha value is -0.810. The van der Waals surface area contributed by atoms with Crippen LogP contribution < -0.4 is 5.73 Å². The lowest BCUT2D eigenvalue weighted by Crippen LogP contribution is -2.10. The van der Waals surface area contributed by atoms with Gasteiger partial charge in [0.2, 0.25) is 0 Å². The molecule has 0 bridgehead atoms. The van der Waals surface area contributed by atoms with Gasteiger partial charge in [-0.3, -0.25) is 0 Å². The largest absolute Gasteiger partial charge is 0.383 e. The Bertz CT molecular complexity index is 461. The summed E-state index contributed by atoms with van der Waals surface area (Å²) in [5.41, 5.74) is 6.90. The Morgan fingerprint density at radius 3 is 2.80 bits per heavy atom. The van der Waals surface area contributed by atoms with E-state index < -0.39 is 0 Å². The average molecular weight is 286 g/mol. The lowest BCUT2D eigenvalue weighted by atomic mass is 10.3. The summed E-state index contributed by atoms with van der Waals surface area (Å²) in [5, 5.41) is 6.48. The van der Waals surface area contributed by atoms with Crippen LogP contribution in [0, 0.1) is 6.92 Å². The zero-order valence-corrected chi connectivity index (χ0v) is 11.0. The first-order valence-corrected chi connectivity index (χ1v) is 6.32. The third-order valence-electron chi connectivity index (χ3n) is 2.37. The SMILES string of the molecule is Cc1nn(C(C)c2cccs2)c(N)c1Br. The number of rotatable bonds is 2. The van der Waals surface area contributed by atoms with Crippen molar-refractivity contribution in [3.8, 4) is 0 Å². The van der Waals surface area contributed by atoms with Gasteiger partial charge in [-0.25, -0.2) is 4.68 Å². The van der Waals surface area contributed by atoms with Gasteiger partial charge >= 0.3 is 0 Å². The molecule has 1 atom stereocenters. The van der Waals surface area contributed by atoms with Crippen LogP contribution in [0.5, 0.6) is 0 Å². The quantitative estimate of drug-likeness (QED) is 0.921. The van der Waals surface area contributed by atoms with Gasteiger partial charge in [-0.05, 0) is 41.2 Å². The van der Waals surface area contributed by atoms with Gasteiger partial charge in [-0.1, -0.05) is 6.07 Å². The van der Waals surface area contributed by atoms with Crippen molar-refractivity contribution in [2.75, 3.05) is 5.73 Å². The molecule has 80 valence electrons. The number of hydrogen-bond donors (Lipinski definition) is 1. The van der Waals surface area contributed by atoms with E-state index >= 15 is 0 Å². The second-order valence-electron chi connectivity index (χ2n) is 3.42. The molecule has 2 heterocycles. The second-order valence-corrected chi connectivity index (χ2v) is 5.19. The number of thiophene rings is 1. The maximum Gasteiger partial charge on any atom is 0.137 e. The van der Waals surface area contributed by atoms with Crippen LogP contribution in [0.25, 0.3) is 0 Å². The van der Waals surface area contributed by atoms with Crippen molar-refractivity contribution in [1.29, 1.82) is 0 Å². The van der Waals surface area contributed by atoms with Crippen molar-refractivity contribution in [2.24, 2.45) is 0 Å². The Kier molecular flexibility index (Phi) is 2.84. The summed E-state index contributed by atoms with van der Waals surface area (Å²) in [6, 6.07) is 4.33. The minimum absolute atomic E-state index is 0.190. The van der Waals surface area contributed by atoms with E-state index in [2.05, 4.69) is 39.4 Å². The number of nitrogens with two attached hydrogens (primary N) is 1. The molecular weight excluding hydrogens is 274 g/mol. The molecule has 0 amide bonds. The molecule has 5 heteroatoms. The molecule has 3 nitrogen and oxygen atoms in total. The number of nitrogen functional groups attached to an aromatic ring is 1. The molecular formula is C10H12BrN3S. The Morgan fingerprint density at radius 2 is 2.33 bits per heavy atom. The first kappa shape index (κ1) is 10.7. The molecule has 0 spiro atoms. The Morgan fingerprint density at radius 1 is 1.60 bits per heavy atom. The lowest BCUT2D eigenvalue weighted by Gasteiger charge is -2.11. The monoisotopic (exact) mass is 285 g/mol. The standard InChI is InChI=1S/C10H12BrN3S/c1-6-9(11)10(12)14(13-6)7(2)8-4-3-5-15-8/h3-5,7H,12H2,1-2H3. The average Bonchev–Trinajstić information content (AvgIpc) is 2.82. The highest BCUT2D eigenvalue weighted by atomic mass is 79.9. The van der Waals surface area contributed by atoms with E-state index in [1.54, 1.807) is 11.3 Å². The summed E-state index contributed by atoms with van der Waals surface area (Å²) in [6.07, 6.45) is 0. The highest BCUT2D eigenvalue weighted by Crippen LogP contribution is 2.30. The molecule has 0 aliphatic carbocycles. The molecule has 2 aromatic heterocycles. The number of hydrogen-bond acceptors (Lipinski definition) is 3. The number of aryl methyl sites for hydroxylation is 1. The van der Waals surface area contributed by atoms with Crippen LogP contribution in [0.15, 0.2) is 22.0 Å². The third-order valence-corrected chi connectivity index (χ3v) is 4.39. The van der Waals surface area contributed by atoms with Crippen LogP contribution in [-0.2, 0) is 0 Å². The summed E-state index contributed by atoms with van der Waals surface area (Å²) in [4.78, 5) is 1.26. The van der Waals surface area contributed by atoms with Crippen LogP contribution in [-0.4, -0.2) is 9.78 Å². The van der Waals surface area contributed by atoms with E-state index in [1.165, 1.54) is 4.88 Å². The van der Waals surface area contributed by atoms with E-state index in [0.29, 0.717) is 5.82 Å². The maximum absolute atomic E-state index is 5.97. The van der Waals surface area contributed by atoms with Crippen molar-refractivity contribution in [1.82, 2.24) is 9.78 Å². The molecule has 0 fully saturated rings. The van der Waals surface area contributed by atoms with Crippen LogP contribution >= 0.6 is 27.3 Å². The van der Waals surface area contributed by atoms with Crippen LogP contribution in [0.4, 0.5) is 5.82 Å². The van der Waals surface area contributed by atoms with E-state index in [9.17, 15) is 0 Å². The van der Waals surface area contributed by atoms with E-state index in [4.69, 9.17) is 5.73 Å². The molecule has 2 rings (SSSR count). The minimum Gasteiger partial charge on any atom is -0.383 e. The number of nitrogens with zero attached hydrogens (tertiary/aromatic N) is 2. The van der Waals surface area contributed by atoms with Crippen molar-refractivity contribution in [3.05, 3.63) is 32.6 Å². The van der Waals surface area contributed by atoms with Gasteiger partial charge in [0.25, 0.3) is 0 Å². The molecule has 0 aliphatic heterocycles. The summed E-state index contributed by atoms with van der Waals surface area (Å²) < 4.78 is 2.75. The molecule has 0 saturated heterocycles. The highest BCUT2D eigenvalue weighted by molar-refractivity contribution is 9.10. The van der Waals surface area contributed by atoms with Gasteiger partial charge in [0.15, 0.2) is 0 Å². The van der Waals surface area contributed by atoms with E-state index in [1.807, 2.05) is 17.7 Å². The molecule has 0 radical (unpaired) electrons. The fourth-order valence-electron chi connectivity index (χ4n) is 1.49. The van der Waals surface area contributed by atoms with Crippen molar-refractivity contribution < 1.29 is 0 Å². The molecule has 2 aromatic rings. The molecule has 1 unspecified atom stereocenters. The van der Waals surface area contributed by atoms with Crippen LogP contribution in [0.3, 0.4) is 0 Å². The molecule has 15 heavy (non-hydrogen) atoms. The fraction of sp³-hybridized carbons (Fsp3) is 0.300. The van der Waals surface area contributed by atoms with Gasteiger partial charge < -0.3 is 5.73 Å². The van der Waals surface area contributed by atoms with E-state index in [-0.39, 0.29) is 6.04 Å². The van der Waals surface area contributed by atoms with E-state index in [0.717, 1.165) is 10.2 Å². The normalized spacial score (nSPS) is 13.0. The topological polar surface area (TPSA) is 43.8 Å². The van der Waals surface area contributed by atoms with Gasteiger partial charge in [0, 0.05) is 4.88 Å². The van der Waals surface area contributed by atoms with Gasteiger partial charge in [0.05, 0.1) is 16.2 Å². The number of aromatic nitrogens is 2. The van der Waals surface area contributed by atoms with Crippen LogP contribution in [0.2, 0.25) is 0 Å². The molecule has 0 saturated carbocycles. The zero-order valence-electron chi connectivity index (χ0n) is 8.57. The maximum atomic E-state index is 5.97. The first-order valence-electron chi connectivity index (χ1n) is 4.64. The summed E-state index contributed by atoms with van der Waals surface area (Å²) in [5.74, 6) is 0.688. The summed E-state index contributed by atoms with van der Waals surface area (Å²) in [6.45, 7) is 4.04. The Labute approximate surface area is 101 Å². The minimum atomic E-state index is 0.190. The zero-order chi connectivity index (χ0) is 11.0. The third kappa shape index (κ3) is 1.81. The smallest absolute Gasteiger partial charge is 0.137 e. The lowest BCUT2D eigenvalue weighted by molar-refractivity contribution is 0.577. The Balaban J connectivity index is 2.42.